The van der Waals surface area contributed by atoms with Gasteiger partial charge in [0.25, 0.3) is 0 Å². The van der Waals surface area contributed by atoms with Crippen LogP contribution in [0.25, 0.3) is 0 Å². The average molecular weight is 305 g/mol. The number of hydrogen-bond acceptors (Lipinski definition) is 3. The summed E-state index contributed by atoms with van der Waals surface area (Å²) >= 11 is 5.00. The van der Waals surface area contributed by atoms with Gasteiger partial charge in [-0.2, -0.15) is 5.26 Å². The molecule has 17 heavy (non-hydrogen) atoms. The average Bonchev–Trinajstić information content (AvgIpc) is 2.34. The van der Waals surface area contributed by atoms with Gasteiger partial charge in [0.15, 0.2) is 0 Å². The second kappa shape index (κ2) is 5.26. The highest BCUT2D eigenvalue weighted by atomic mass is 79.9. The fourth-order valence-electron chi connectivity index (χ4n) is 1.33. The fourth-order valence-corrected chi connectivity index (χ4v) is 2.46. The van der Waals surface area contributed by atoms with Gasteiger partial charge >= 0.3 is 0 Å². The molecule has 0 aliphatic rings. The van der Waals surface area contributed by atoms with Gasteiger partial charge in [-0.3, -0.25) is 0 Å². The summed E-state index contributed by atoms with van der Waals surface area (Å²) in [5.74, 6) is 0. The van der Waals surface area contributed by atoms with E-state index in [1.165, 1.54) is 0 Å². The van der Waals surface area contributed by atoms with Crippen molar-refractivity contribution in [1.29, 1.82) is 5.26 Å². The van der Waals surface area contributed by atoms with E-state index in [0.717, 1.165) is 14.3 Å². The van der Waals surface area contributed by atoms with Crippen molar-refractivity contribution in [2.75, 3.05) is 5.73 Å². The van der Waals surface area contributed by atoms with E-state index in [4.69, 9.17) is 11.0 Å². The number of nitrogens with two attached hydrogens (primary N) is 1. The van der Waals surface area contributed by atoms with Crippen LogP contribution in [0, 0.1) is 11.3 Å². The van der Waals surface area contributed by atoms with E-state index in [9.17, 15) is 0 Å². The number of anilines is 1. The van der Waals surface area contributed by atoms with Crippen LogP contribution in [0.2, 0.25) is 0 Å². The minimum absolute atomic E-state index is 0.520. The summed E-state index contributed by atoms with van der Waals surface area (Å²) in [5, 5.41) is 8.90. The molecule has 0 radical (unpaired) electrons. The highest BCUT2D eigenvalue weighted by Crippen LogP contribution is 2.30. The van der Waals surface area contributed by atoms with Crippen LogP contribution < -0.4 is 5.73 Å². The van der Waals surface area contributed by atoms with Crippen LogP contribution >= 0.6 is 27.7 Å². The second-order valence-electron chi connectivity index (χ2n) is 3.42. The summed E-state index contributed by atoms with van der Waals surface area (Å²) in [7, 11) is 0. The zero-order chi connectivity index (χ0) is 12.3. The number of hydrogen-bond donors (Lipinski definition) is 1. The lowest BCUT2D eigenvalue weighted by atomic mass is 10.2. The molecule has 0 saturated heterocycles. The van der Waals surface area contributed by atoms with E-state index in [-0.39, 0.29) is 0 Å². The van der Waals surface area contributed by atoms with Crippen LogP contribution in [0.4, 0.5) is 5.69 Å². The van der Waals surface area contributed by atoms with Gasteiger partial charge in [-0.25, -0.2) is 0 Å². The maximum absolute atomic E-state index is 8.90. The highest BCUT2D eigenvalue weighted by Gasteiger charge is 2.02. The van der Waals surface area contributed by atoms with Gasteiger partial charge in [-0.1, -0.05) is 27.7 Å². The maximum atomic E-state index is 8.90. The van der Waals surface area contributed by atoms with Crippen molar-refractivity contribution in [1.82, 2.24) is 0 Å². The minimum atomic E-state index is 0.520. The van der Waals surface area contributed by atoms with Crippen molar-refractivity contribution < 1.29 is 0 Å². The Morgan fingerprint density at radius 3 is 2.35 bits per heavy atom. The van der Waals surface area contributed by atoms with Gasteiger partial charge in [0.1, 0.15) is 6.07 Å². The number of rotatable bonds is 2. The quantitative estimate of drug-likeness (QED) is 0.851. The molecule has 2 N–H and O–H groups in total. The lowest BCUT2D eigenvalue weighted by Crippen LogP contribution is -1.89. The van der Waals surface area contributed by atoms with Crippen molar-refractivity contribution in [3.05, 3.63) is 52.5 Å². The van der Waals surface area contributed by atoms with Gasteiger partial charge < -0.3 is 5.73 Å². The van der Waals surface area contributed by atoms with Gasteiger partial charge in [0, 0.05) is 20.0 Å². The number of nitrogen functional groups attached to an aromatic ring is 1. The van der Waals surface area contributed by atoms with E-state index in [0.29, 0.717) is 11.3 Å². The number of benzene rings is 2. The van der Waals surface area contributed by atoms with Crippen LogP contribution in [0.15, 0.2) is 56.7 Å². The molecule has 0 aromatic heterocycles. The third-order valence-corrected chi connectivity index (χ3v) is 3.72. The Morgan fingerprint density at radius 1 is 1.06 bits per heavy atom. The molecule has 0 aliphatic carbocycles. The Balaban J connectivity index is 2.25. The van der Waals surface area contributed by atoms with Crippen molar-refractivity contribution in [3.8, 4) is 6.07 Å². The zero-order valence-corrected chi connectivity index (χ0v) is 11.3. The predicted molar refractivity (Wildman–Crippen MR) is 73.8 cm³/mol. The maximum Gasteiger partial charge on any atom is 0.101 e. The third kappa shape index (κ3) is 3.02. The number of nitrogens with zero attached hydrogens (tertiary/aromatic N) is 1. The van der Waals surface area contributed by atoms with Gasteiger partial charge in [0.2, 0.25) is 0 Å². The Labute approximate surface area is 113 Å². The summed E-state index contributed by atoms with van der Waals surface area (Å²) in [4.78, 5) is 2.14. The van der Waals surface area contributed by atoms with Gasteiger partial charge in [0.05, 0.1) is 5.56 Å². The molecule has 0 amide bonds. The van der Waals surface area contributed by atoms with Gasteiger partial charge in [-0.15, -0.1) is 0 Å². The monoisotopic (exact) mass is 304 g/mol. The largest absolute Gasteiger partial charge is 0.398 e. The zero-order valence-electron chi connectivity index (χ0n) is 8.85. The molecule has 4 heteroatoms. The van der Waals surface area contributed by atoms with E-state index in [1.807, 2.05) is 36.4 Å². The van der Waals surface area contributed by atoms with E-state index in [1.54, 1.807) is 17.8 Å². The van der Waals surface area contributed by atoms with Crippen molar-refractivity contribution in [2.24, 2.45) is 0 Å². The molecule has 0 spiro atoms. The number of halogens is 1. The summed E-state index contributed by atoms with van der Waals surface area (Å²) in [6, 6.07) is 15.6. The fraction of sp³-hybridized carbons (Fsp3) is 0. The molecular formula is C13H9BrN2S. The first-order valence-corrected chi connectivity index (χ1v) is 6.53. The van der Waals surface area contributed by atoms with Crippen molar-refractivity contribution in [3.63, 3.8) is 0 Å². The third-order valence-electron chi connectivity index (χ3n) is 2.19. The number of nitriles is 1. The SMILES string of the molecule is N#Cc1cc(Sc2ccc(Br)cc2)ccc1N. The molecule has 0 saturated carbocycles. The molecule has 84 valence electrons. The Hall–Kier alpha value is -1.44. The Kier molecular flexibility index (Phi) is 3.72. The van der Waals surface area contributed by atoms with Crippen molar-refractivity contribution >= 4 is 33.4 Å². The lowest BCUT2D eigenvalue weighted by molar-refractivity contribution is 1.38. The normalized spacial score (nSPS) is 9.88. The molecule has 2 nitrogen and oxygen atoms in total. The van der Waals surface area contributed by atoms with Crippen LogP contribution in [0.1, 0.15) is 5.56 Å². The topological polar surface area (TPSA) is 49.8 Å². The first-order valence-electron chi connectivity index (χ1n) is 4.92. The molecule has 2 aromatic rings. The van der Waals surface area contributed by atoms with Crippen molar-refractivity contribution in [2.45, 2.75) is 9.79 Å². The summed E-state index contributed by atoms with van der Waals surface area (Å²) < 4.78 is 1.05. The van der Waals surface area contributed by atoms with Gasteiger partial charge in [-0.05, 0) is 42.5 Å². The molecule has 0 atom stereocenters. The Morgan fingerprint density at radius 2 is 1.71 bits per heavy atom. The molecule has 0 bridgehead atoms. The minimum Gasteiger partial charge on any atom is -0.398 e. The van der Waals surface area contributed by atoms with Crippen LogP contribution in [0.3, 0.4) is 0 Å². The standard InChI is InChI=1S/C13H9BrN2S/c14-10-1-3-11(4-2-10)17-12-5-6-13(16)9(7-12)8-15/h1-7H,16H2. The first kappa shape index (κ1) is 12.0. The molecule has 0 aliphatic heterocycles. The molecule has 2 rings (SSSR count). The van der Waals surface area contributed by atoms with E-state index < -0.39 is 0 Å². The highest BCUT2D eigenvalue weighted by molar-refractivity contribution is 9.10. The Bertz CT molecular complexity index is 573. The smallest absolute Gasteiger partial charge is 0.101 e. The molecule has 0 fully saturated rings. The summed E-state index contributed by atoms with van der Waals surface area (Å²) in [5.41, 5.74) is 6.72. The van der Waals surface area contributed by atoms with Crippen LogP contribution in [0.5, 0.6) is 0 Å². The molecule has 0 unspecified atom stereocenters. The first-order chi connectivity index (χ1) is 8.19. The second-order valence-corrected chi connectivity index (χ2v) is 5.48. The van der Waals surface area contributed by atoms with Crippen LogP contribution in [-0.2, 0) is 0 Å². The summed E-state index contributed by atoms with van der Waals surface area (Å²) in [6.45, 7) is 0. The molecular weight excluding hydrogens is 296 g/mol. The lowest BCUT2D eigenvalue weighted by Gasteiger charge is -2.03. The predicted octanol–water partition coefficient (Wildman–Crippen LogP) is 4.05. The van der Waals surface area contributed by atoms with E-state index in [2.05, 4.69) is 22.0 Å². The van der Waals surface area contributed by atoms with E-state index >= 15 is 0 Å². The van der Waals surface area contributed by atoms with Crippen LogP contribution in [-0.4, -0.2) is 0 Å². The summed E-state index contributed by atoms with van der Waals surface area (Å²) in [6.07, 6.45) is 0. The molecule has 2 aromatic carbocycles. The molecule has 0 heterocycles.